The maximum atomic E-state index is 13.9. The first kappa shape index (κ1) is 22.3. The molecule has 3 atom stereocenters. The SMILES string of the molecule is CC1(O)CCN2CC(C1)n1cc(C(O)NCc3c(F)cc(F)cc3F)c(=O)c(O)c1C2=O. The lowest BCUT2D eigenvalue weighted by atomic mass is 9.94. The van der Waals surface area contributed by atoms with Gasteiger partial charge in [-0.25, -0.2) is 13.2 Å². The summed E-state index contributed by atoms with van der Waals surface area (Å²) in [5, 5.41) is 33.9. The first-order valence-electron chi connectivity index (χ1n) is 10.0. The predicted molar refractivity (Wildman–Crippen MR) is 105 cm³/mol. The van der Waals surface area contributed by atoms with Crippen LogP contribution in [-0.2, 0) is 6.54 Å². The van der Waals surface area contributed by atoms with Gasteiger partial charge in [-0.3, -0.25) is 14.9 Å². The number of benzene rings is 1. The van der Waals surface area contributed by atoms with Crippen molar-refractivity contribution in [2.45, 2.75) is 44.2 Å². The third-order valence-corrected chi connectivity index (χ3v) is 6.02. The first-order chi connectivity index (χ1) is 15.0. The lowest BCUT2D eigenvalue weighted by Gasteiger charge is -2.35. The van der Waals surface area contributed by atoms with Gasteiger partial charge in [0.15, 0.2) is 11.4 Å². The quantitative estimate of drug-likeness (QED) is 0.519. The number of amides is 1. The van der Waals surface area contributed by atoms with Gasteiger partial charge in [0, 0.05) is 43.5 Å². The van der Waals surface area contributed by atoms with E-state index in [1.54, 1.807) is 6.92 Å². The van der Waals surface area contributed by atoms with Crippen molar-refractivity contribution in [3.8, 4) is 5.75 Å². The molecule has 32 heavy (non-hydrogen) atoms. The third kappa shape index (κ3) is 3.87. The van der Waals surface area contributed by atoms with Gasteiger partial charge in [0.25, 0.3) is 5.91 Å². The zero-order chi connectivity index (χ0) is 23.4. The Kier molecular flexibility index (Phi) is 5.51. The topological polar surface area (TPSA) is 115 Å². The monoisotopic (exact) mass is 453 g/mol. The average molecular weight is 453 g/mol. The van der Waals surface area contributed by atoms with Crippen molar-refractivity contribution in [3.63, 3.8) is 0 Å². The van der Waals surface area contributed by atoms with E-state index in [9.17, 15) is 38.1 Å². The molecule has 2 aliphatic rings. The number of aliphatic hydroxyl groups excluding tert-OH is 1. The van der Waals surface area contributed by atoms with E-state index in [0.29, 0.717) is 18.6 Å². The number of fused-ring (bicyclic) bond motifs is 4. The number of aliphatic hydroxyl groups is 2. The van der Waals surface area contributed by atoms with Crippen LogP contribution in [0.4, 0.5) is 13.2 Å². The van der Waals surface area contributed by atoms with Crippen LogP contribution in [0.15, 0.2) is 23.1 Å². The highest BCUT2D eigenvalue weighted by Gasteiger charge is 2.41. The summed E-state index contributed by atoms with van der Waals surface area (Å²) < 4.78 is 42.1. The van der Waals surface area contributed by atoms with Gasteiger partial charge in [-0.15, -0.1) is 0 Å². The lowest BCUT2D eigenvalue weighted by molar-refractivity contribution is 0.0367. The fourth-order valence-electron chi connectivity index (χ4n) is 4.30. The van der Waals surface area contributed by atoms with E-state index < -0.39 is 64.5 Å². The molecule has 1 aromatic carbocycles. The van der Waals surface area contributed by atoms with Gasteiger partial charge in [-0.2, -0.15) is 0 Å². The van der Waals surface area contributed by atoms with Gasteiger partial charge in [-0.1, -0.05) is 0 Å². The Morgan fingerprint density at radius 3 is 2.56 bits per heavy atom. The van der Waals surface area contributed by atoms with Crippen LogP contribution in [0.1, 0.15) is 53.7 Å². The average Bonchev–Trinajstić information content (AvgIpc) is 2.84. The van der Waals surface area contributed by atoms with Crippen LogP contribution in [0, 0.1) is 17.5 Å². The minimum absolute atomic E-state index is 0.237. The molecule has 2 bridgehead atoms. The summed E-state index contributed by atoms with van der Waals surface area (Å²) in [6.07, 6.45) is 0.00422. The second-order valence-corrected chi connectivity index (χ2v) is 8.51. The highest BCUT2D eigenvalue weighted by molar-refractivity contribution is 5.96. The molecule has 3 unspecified atom stereocenters. The third-order valence-electron chi connectivity index (χ3n) is 6.02. The van der Waals surface area contributed by atoms with Crippen LogP contribution < -0.4 is 10.7 Å². The van der Waals surface area contributed by atoms with Crippen LogP contribution in [0.5, 0.6) is 5.75 Å². The molecule has 8 nitrogen and oxygen atoms in total. The number of carbonyl (C=O) groups is 1. The summed E-state index contributed by atoms with van der Waals surface area (Å²) in [4.78, 5) is 26.9. The molecule has 172 valence electrons. The Hall–Kier alpha value is -2.89. The number of aromatic hydroxyl groups is 1. The summed E-state index contributed by atoms with van der Waals surface area (Å²) in [5.74, 6) is -4.86. The van der Waals surface area contributed by atoms with Crippen molar-refractivity contribution in [1.29, 1.82) is 0 Å². The predicted octanol–water partition coefficient (Wildman–Crippen LogP) is 1.29. The fraction of sp³-hybridized carbons (Fsp3) is 0.429. The molecular weight excluding hydrogens is 431 g/mol. The molecule has 4 rings (SSSR count). The molecule has 11 heteroatoms. The summed E-state index contributed by atoms with van der Waals surface area (Å²) in [6, 6.07) is 0.507. The molecule has 4 N–H and O–H groups in total. The summed E-state index contributed by atoms with van der Waals surface area (Å²) >= 11 is 0. The molecule has 1 fully saturated rings. The second-order valence-electron chi connectivity index (χ2n) is 8.51. The maximum Gasteiger partial charge on any atom is 0.274 e. The molecular formula is C21H22F3N3O5. The van der Waals surface area contributed by atoms with Crippen molar-refractivity contribution in [2.24, 2.45) is 0 Å². The van der Waals surface area contributed by atoms with E-state index >= 15 is 0 Å². The van der Waals surface area contributed by atoms with E-state index in [2.05, 4.69) is 5.32 Å². The molecule has 0 aliphatic carbocycles. The van der Waals surface area contributed by atoms with Crippen LogP contribution in [0.25, 0.3) is 0 Å². The lowest BCUT2D eigenvalue weighted by Crippen LogP contribution is -2.44. The van der Waals surface area contributed by atoms with Crippen molar-refractivity contribution in [3.05, 3.63) is 62.8 Å². The highest BCUT2D eigenvalue weighted by Crippen LogP contribution is 2.36. The molecule has 1 saturated heterocycles. The van der Waals surface area contributed by atoms with Crippen molar-refractivity contribution in [2.75, 3.05) is 13.1 Å². The molecule has 1 aromatic heterocycles. The van der Waals surface area contributed by atoms with E-state index in [1.165, 1.54) is 15.7 Å². The van der Waals surface area contributed by atoms with E-state index in [1.807, 2.05) is 0 Å². The van der Waals surface area contributed by atoms with Gasteiger partial charge in [0.05, 0.1) is 17.2 Å². The largest absolute Gasteiger partial charge is 0.503 e. The first-order valence-corrected chi connectivity index (χ1v) is 10.0. The van der Waals surface area contributed by atoms with E-state index in [4.69, 9.17) is 0 Å². The van der Waals surface area contributed by atoms with Crippen LogP contribution in [0.2, 0.25) is 0 Å². The van der Waals surface area contributed by atoms with E-state index in [-0.39, 0.29) is 30.8 Å². The van der Waals surface area contributed by atoms with Crippen molar-refractivity contribution < 1.29 is 33.3 Å². The Labute approximate surface area is 180 Å². The minimum Gasteiger partial charge on any atom is -0.503 e. The zero-order valence-electron chi connectivity index (χ0n) is 17.1. The molecule has 0 spiro atoms. The smallest absolute Gasteiger partial charge is 0.274 e. The van der Waals surface area contributed by atoms with Crippen LogP contribution in [0.3, 0.4) is 0 Å². The molecule has 2 aliphatic heterocycles. The van der Waals surface area contributed by atoms with Crippen molar-refractivity contribution in [1.82, 2.24) is 14.8 Å². The van der Waals surface area contributed by atoms with Crippen LogP contribution >= 0.6 is 0 Å². The summed E-state index contributed by atoms with van der Waals surface area (Å²) in [7, 11) is 0. The van der Waals surface area contributed by atoms with Gasteiger partial charge in [0.1, 0.15) is 23.7 Å². The molecule has 1 amide bonds. The Morgan fingerprint density at radius 1 is 1.25 bits per heavy atom. The number of halogens is 3. The number of aromatic nitrogens is 1. The number of carbonyl (C=O) groups excluding carboxylic acids is 1. The summed E-state index contributed by atoms with van der Waals surface area (Å²) in [5.41, 5.74) is -3.24. The molecule has 0 radical (unpaired) electrons. The molecule has 0 saturated carbocycles. The number of rotatable bonds is 4. The minimum atomic E-state index is -1.76. The molecule has 2 aromatic rings. The zero-order valence-corrected chi connectivity index (χ0v) is 17.1. The maximum absolute atomic E-state index is 13.9. The van der Waals surface area contributed by atoms with Gasteiger partial charge in [0.2, 0.25) is 5.43 Å². The van der Waals surface area contributed by atoms with Gasteiger partial charge in [-0.05, 0) is 19.8 Å². The Bertz CT molecular complexity index is 1130. The number of hydrogen-bond donors (Lipinski definition) is 4. The van der Waals surface area contributed by atoms with Crippen molar-refractivity contribution >= 4 is 5.91 Å². The summed E-state index contributed by atoms with van der Waals surface area (Å²) in [6.45, 7) is 1.56. The number of hydrogen-bond acceptors (Lipinski definition) is 6. The second kappa shape index (κ2) is 7.91. The van der Waals surface area contributed by atoms with E-state index in [0.717, 1.165) is 0 Å². The highest BCUT2D eigenvalue weighted by atomic mass is 19.1. The van der Waals surface area contributed by atoms with Gasteiger partial charge >= 0.3 is 0 Å². The Morgan fingerprint density at radius 2 is 1.91 bits per heavy atom. The number of nitrogens with one attached hydrogen (secondary N) is 1. The normalized spacial score (nSPS) is 23.6. The fourth-order valence-corrected chi connectivity index (χ4v) is 4.30. The number of pyridine rings is 1. The van der Waals surface area contributed by atoms with Gasteiger partial charge < -0.3 is 24.8 Å². The standard InChI is InChI=1S/C21H22F3N3O5/c1-21(32)2-3-26-8-11(6-21)27-9-13(17(28)18(29)16(27)20(26)31)19(30)25-7-12-14(23)4-10(22)5-15(12)24/h4-5,9,11,19,25,29-30,32H,2-3,6-8H2,1H3. The van der Waals surface area contributed by atoms with Crippen LogP contribution in [-0.4, -0.2) is 49.4 Å². The molecule has 3 heterocycles. The number of nitrogens with zero attached hydrogens (tertiary/aromatic N) is 2. The Balaban J connectivity index is 1.68.